The van der Waals surface area contributed by atoms with Crippen molar-refractivity contribution >= 4 is 22.4 Å². The number of ether oxygens (including phenoxy) is 2. The molecule has 1 heterocycles. The standard InChI is InChI=1S/C14H16N2O3S/c1-10-12(20-14(15-2)16-10)13(17)19-9-8-18-11-6-4-3-5-7-11/h3-7H,8-9H2,1-2H3,(H,15,16). The fourth-order valence-electron chi connectivity index (χ4n) is 1.57. The second kappa shape index (κ2) is 6.91. The normalized spacial score (nSPS) is 10.1. The molecule has 0 aliphatic carbocycles. The minimum atomic E-state index is -0.363. The quantitative estimate of drug-likeness (QED) is 0.655. The van der Waals surface area contributed by atoms with Crippen molar-refractivity contribution in [2.24, 2.45) is 0 Å². The molecule has 0 aliphatic rings. The Hall–Kier alpha value is -2.08. The monoisotopic (exact) mass is 292 g/mol. The Morgan fingerprint density at radius 2 is 2.05 bits per heavy atom. The van der Waals surface area contributed by atoms with Crippen LogP contribution >= 0.6 is 11.3 Å². The van der Waals surface area contributed by atoms with Gasteiger partial charge >= 0.3 is 5.97 Å². The zero-order chi connectivity index (χ0) is 14.4. The number of rotatable bonds is 6. The molecule has 0 amide bonds. The van der Waals surface area contributed by atoms with Gasteiger partial charge in [-0.3, -0.25) is 0 Å². The van der Waals surface area contributed by atoms with Gasteiger partial charge in [0.1, 0.15) is 23.8 Å². The number of nitrogens with zero attached hydrogens (tertiary/aromatic N) is 1. The predicted octanol–water partition coefficient (Wildman–Crippen LogP) is 2.73. The van der Waals surface area contributed by atoms with Crippen LogP contribution in [0.25, 0.3) is 0 Å². The smallest absolute Gasteiger partial charge is 0.350 e. The number of nitrogens with one attached hydrogen (secondary N) is 1. The summed E-state index contributed by atoms with van der Waals surface area (Å²) in [4.78, 5) is 16.6. The van der Waals surface area contributed by atoms with Gasteiger partial charge in [0.2, 0.25) is 0 Å². The van der Waals surface area contributed by atoms with Crippen molar-refractivity contribution in [2.75, 3.05) is 25.6 Å². The number of esters is 1. The van der Waals surface area contributed by atoms with Gasteiger partial charge in [0.25, 0.3) is 0 Å². The third kappa shape index (κ3) is 3.71. The number of hydrogen-bond acceptors (Lipinski definition) is 6. The van der Waals surface area contributed by atoms with E-state index in [2.05, 4.69) is 10.3 Å². The van der Waals surface area contributed by atoms with E-state index in [4.69, 9.17) is 9.47 Å². The molecular weight excluding hydrogens is 276 g/mol. The molecule has 0 saturated heterocycles. The molecule has 0 fully saturated rings. The van der Waals surface area contributed by atoms with Gasteiger partial charge in [-0.15, -0.1) is 0 Å². The number of aryl methyl sites for hydroxylation is 1. The van der Waals surface area contributed by atoms with Gasteiger partial charge in [-0.2, -0.15) is 0 Å². The minimum absolute atomic E-state index is 0.208. The number of hydrogen-bond donors (Lipinski definition) is 1. The third-order valence-electron chi connectivity index (χ3n) is 2.52. The van der Waals surface area contributed by atoms with Gasteiger partial charge in [0, 0.05) is 7.05 Å². The van der Waals surface area contributed by atoms with Crippen molar-refractivity contribution < 1.29 is 14.3 Å². The first-order chi connectivity index (χ1) is 9.70. The van der Waals surface area contributed by atoms with Crippen molar-refractivity contribution in [3.8, 4) is 5.75 Å². The molecule has 1 aromatic carbocycles. The molecule has 0 unspecified atom stereocenters. The van der Waals surface area contributed by atoms with E-state index in [-0.39, 0.29) is 12.6 Å². The highest BCUT2D eigenvalue weighted by molar-refractivity contribution is 7.17. The third-order valence-corrected chi connectivity index (χ3v) is 3.68. The fourth-order valence-corrected chi connectivity index (χ4v) is 2.38. The fraction of sp³-hybridized carbons (Fsp3) is 0.286. The van der Waals surface area contributed by atoms with Crippen LogP contribution in [-0.2, 0) is 4.74 Å². The Labute approximate surface area is 121 Å². The molecular formula is C14H16N2O3S. The number of para-hydroxylation sites is 1. The Balaban J connectivity index is 1.79. The van der Waals surface area contributed by atoms with Crippen LogP contribution in [0.5, 0.6) is 5.75 Å². The molecule has 20 heavy (non-hydrogen) atoms. The largest absolute Gasteiger partial charge is 0.490 e. The van der Waals surface area contributed by atoms with E-state index >= 15 is 0 Å². The number of carbonyl (C=O) groups is 1. The van der Waals surface area contributed by atoms with Crippen LogP contribution in [0.2, 0.25) is 0 Å². The van der Waals surface area contributed by atoms with Crippen LogP contribution in [0.1, 0.15) is 15.4 Å². The van der Waals surface area contributed by atoms with Crippen LogP contribution in [0.3, 0.4) is 0 Å². The minimum Gasteiger partial charge on any atom is -0.490 e. The number of aromatic nitrogens is 1. The maximum absolute atomic E-state index is 11.9. The lowest BCUT2D eigenvalue weighted by Gasteiger charge is -2.06. The zero-order valence-corrected chi connectivity index (χ0v) is 12.2. The van der Waals surface area contributed by atoms with Crippen LogP contribution < -0.4 is 10.1 Å². The molecule has 0 aliphatic heterocycles. The number of thiazole rings is 1. The Morgan fingerprint density at radius 1 is 1.30 bits per heavy atom. The van der Waals surface area contributed by atoms with Crippen LogP contribution in [-0.4, -0.2) is 31.2 Å². The molecule has 0 spiro atoms. The van der Waals surface area contributed by atoms with Gasteiger partial charge in [0.05, 0.1) is 5.69 Å². The Kier molecular flexibility index (Phi) is 4.95. The van der Waals surface area contributed by atoms with E-state index in [1.807, 2.05) is 30.3 Å². The van der Waals surface area contributed by atoms with Gasteiger partial charge in [-0.25, -0.2) is 9.78 Å². The molecule has 2 rings (SSSR count). The highest BCUT2D eigenvalue weighted by Gasteiger charge is 2.16. The van der Waals surface area contributed by atoms with E-state index < -0.39 is 0 Å². The lowest BCUT2D eigenvalue weighted by Crippen LogP contribution is -2.12. The molecule has 6 heteroatoms. The zero-order valence-electron chi connectivity index (χ0n) is 11.4. The van der Waals surface area contributed by atoms with Crippen molar-refractivity contribution in [2.45, 2.75) is 6.92 Å². The van der Waals surface area contributed by atoms with E-state index in [9.17, 15) is 4.79 Å². The van der Waals surface area contributed by atoms with E-state index in [0.717, 1.165) is 5.75 Å². The average molecular weight is 292 g/mol. The Bertz CT molecular complexity index is 569. The van der Waals surface area contributed by atoms with E-state index in [1.165, 1.54) is 11.3 Å². The van der Waals surface area contributed by atoms with Gasteiger partial charge in [0.15, 0.2) is 5.13 Å². The summed E-state index contributed by atoms with van der Waals surface area (Å²) < 4.78 is 10.6. The van der Waals surface area contributed by atoms with Crippen LogP contribution in [0.4, 0.5) is 5.13 Å². The summed E-state index contributed by atoms with van der Waals surface area (Å²) in [7, 11) is 1.76. The molecule has 0 bridgehead atoms. The predicted molar refractivity (Wildman–Crippen MR) is 78.6 cm³/mol. The lowest BCUT2D eigenvalue weighted by molar-refractivity contribution is 0.0455. The molecule has 1 N–H and O–H groups in total. The molecule has 0 radical (unpaired) electrons. The highest BCUT2D eigenvalue weighted by atomic mass is 32.1. The first-order valence-corrected chi connectivity index (χ1v) is 7.02. The number of benzene rings is 1. The summed E-state index contributed by atoms with van der Waals surface area (Å²) in [5.41, 5.74) is 0.674. The van der Waals surface area contributed by atoms with Crippen molar-refractivity contribution in [1.82, 2.24) is 4.98 Å². The second-order valence-electron chi connectivity index (χ2n) is 3.98. The summed E-state index contributed by atoms with van der Waals surface area (Å²) in [5, 5.41) is 3.61. The van der Waals surface area contributed by atoms with Gasteiger partial charge in [-0.05, 0) is 19.1 Å². The summed E-state index contributed by atoms with van der Waals surface area (Å²) in [6.45, 7) is 2.32. The van der Waals surface area contributed by atoms with E-state index in [0.29, 0.717) is 22.3 Å². The van der Waals surface area contributed by atoms with Crippen molar-refractivity contribution in [3.05, 3.63) is 40.9 Å². The SMILES string of the molecule is CNc1nc(C)c(C(=O)OCCOc2ccccc2)s1. The highest BCUT2D eigenvalue weighted by Crippen LogP contribution is 2.22. The molecule has 106 valence electrons. The van der Waals surface area contributed by atoms with Gasteiger partial charge in [-0.1, -0.05) is 29.5 Å². The topological polar surface area (TPSA) is 60.5 Å². The second-order valence-corrected chi connectivity index (χ2v) is 4.98. The van der Waals surface area contributed by atoms with Crippen LogP contribution in [0, 0.1) is 6.92 Å². The maximum Gasteiger partial charge on any atom is 0.350 e. The summed E-state index contributed by atoms with van der Waals surface area (Å²) in [6.07, 6.45) is 0. The van der Waals surface area contributed by atoms with Crippen molar-refractivity contribution in [3.63, 3.8) is 0 Å². The van der Waals surface area contributed by atoms with Crippen molar-refractivity contribution in [1.29, 1.82) is 0 Å². The van der Waals surface area contributed by atoms with E-state index in [1.54, 1.807) is 14.0 Å². The molecule has 0 saturated carbocycles. The summed E-state index contributed by atoms with van der Waals surface area (Å²) in [5.74, 6) is 0.396. The Morgan fingerprint density at radius 3 is 2.70 bits per heavy atom. The van der Waals surface area contributed by atoms with Crippen LogP contribution in [0.15, 0.2) is 30.3 Å². The number of carbonyl (C=O) groups excluding carboxylic acids is 1. The maximum atomic E-state index is 11.9. The van der Waals surface area contributed by atoms with Gasteiger partial charge < -0.3 is 14.8 Å². The first-order valence-electron chi connectivity index (χ1n) is 6.21. The summed E-state index contributed by atoms with van der Waals surface area (Å²) in [6, 6.07) is 9.41. The summed E-state index contributed by atoms with van der Waals surface area (Å²) >= 11 is 1.28. The molecule has 0 atom stereocenters. The molecule has 5 nitrogen and oxygen atoms in total. The first kappa shape index (κ1) is 14.3. The molecule has 1 aromatic heterocycles. The average Bonchev–Trinajstić information content (AvgIpc) is 2.86. The molecule has 2 aromatic rings. The lowest BCUT2D eigenvalue weighted by atomic mass is 10.3. The number of anilines is 1.